The lowest BCUT2D eigenvalue weighted by molar-refractivity contribution is -0.137. The van der Waals surface area contributed by atoms with Crippen molar-refractivity contribution in [3.8, 4) is 0 Å². The van der Waals surface area contributed by atoms with Gasteiger partial charge < -0.3 is 10.0 Å². The van der Waals surface area contributed by atoms with Crippen LogP contribution in [-0.2, 0) is 11.0 Å². The van der Waals surface area contributed by atoms with Crippen LogP contribution in [0.5, 0.6) is 0 Å². The number of ketones is 1. The lowest BCUT2D eigenvalue weighted by Crippen LogP contribution is -2.10. The number of halogens is 4. The molecule has 0 saturated heterocycles. The van der Waals surface area contributed by atoms with E-state index in [1.807, 2.05) is 0 Å². The van der Waals surface area contributed by atoms with E-state index in [1.165, 1.54) is 30.5 Å². The minimum absolute atomic E-state index is 0.0981. The Morgan fingerprint density at radius 2 is 1.82 bits per heavy atom. The molecule has 0 atom stereocenters. The van der Waals surface area contributed by atoms with Crippen LogP contribution in [0.3, 0.4) is 0 Å². The van der Waals surface area contributed by atoms with E-state index in [0.717, 1.165) is 29.7 Å². The van der Waals surface area contributed by atoms with Crippen LogP contribution in [0.15, 0.2) is 72.3 Å². The molecule has 2 N–H and O–H groups in total. The zero-order valence-corrected chi connectivity index (χ0v) is 18.7. The summed E-state index contributed by atoms with van der Waals surface area (Å²) in [6.07, 6.45) is -1.94. The zero-order chi connectivity index (χ0) is 24.2. The van der Waals surface area contributed by atoms with Gasteiger partial charge >= 0.3 is 6.18 Å². The Hall–Kier alpha value is -3.30. The van der Waals surface area contributed by atoms with Crippen LogP contribution in [0.1, 0.15) is 27.2 Å². The fraction of sp³-hybridized carbons (Fsp3) is 0.0870. The number of hydrogen-bond acceptors (Lipinski definition) is 5. The molecule has 3 rings (SSSR count). The molecule has 0 spiro atoms. The second-order valence-electron chi connectivity index (χ2n) is 6.85. The van der Waals surface area contributed by atoms with Gasteiger partial charge in [-0.15, -0.1) is 0 Å². The first-order valence-electron chi connectivity index (χ1n) is 9.43. The van der Waals surface area contributed by atoms with E-state index in [1.54, 1.807) is 25.1 Å². The van der Waals surface area contributed by atoms with E-state index in [-0.39, 0.29) is 16.5 Å². The van der Waals surface area contributed by atoms with Crippen molar-refractivity contribution in [2.24, 2.45) is 0 Å². The van der Waals surface area contributed by atoms with Crippen LogP contribution >= 0.6 is 23.5 Å². The largest absolute Gasteiger partial charge is 0.417 e. The van der Waals surface area contributed by atoms with Crippen molar-refractivity contribution >= 4 is 46.6 Å². The van der Waals surface area contributed by atoms with Gasteiger partial charge in [0.25, 0.3) is 0 Å². The van der Waals surface area contributed by atoms with Crippen molar-refractivity contribution in [1.82, 2.24) is 4.98 Å². The highest BCUT2D eigenvalue weighted by molar-refractivity contribution is 8.00. The molecule has 0 aliphatic carbocycles. The van der Waals surface area contributed by atoms with Crippen molar-refractivity contribution in [3.05, 3.63) is 94.8 Å². The highest BCUT2D eigenvalue weighted by atomic mass is 35.5. The van der Waals surface area contributed by atoms with Gasteiger partial charge in [-0.05, 0) is 79.0 Å². The Labute approximate surface area is 197 Å². The van der Waals surface area contributed by atoms with E-state index in [9.17, 15) is 22.8 Å². The first-order valence-corrected chi connectivity index (χ1v) is 10.6. The molecule has 0 unspecified atom stereocenters. The van der Waals surface area contributed by atoms with Crippen molar-refractivity contribution in [2.45, 2.75) is 18.0 Å². The van der Waals surface area contributed by atoms with Gasteiger partial charge in [0.1, 0.15) is 5.69 Å². The van der Waals surface area contributed by atoms with Gasteiger partial charge in [-0.25, -0.2) is 0 Å². The quantitative estimate of drug-likeness (QED) is 0.223. The molecule has 1 amide bonds. The number of rotatable bonds is 7. The summed E-state index contributed by atoms with van der Waals surface area (Å²) in [5.41, 5.74) is 1.06. The Kier molecular flexibility index (Phi) is 7.45. The van der Waals surface area contributed by atoms with E-state index < -0.39 is 22.5 Å². The number of benzene rings is 2. The topological polar surface area (TPSA) is 71.1 Å². The summed E-state index contributed by atoms with van der Waals surface area (Å²) >= 11 is 6.57. The van der Waals surface area contributed by atoms with Crippen LogP contribution in [0, 0.1) is 6.92 Å². The number of nitrogens with zero attached hydrogens (tertiary/aromatic N) is 1. The molecular formula is C23H17ClF3N3O2S. The van der Waals surface area contributed by atoms with Crippen LogP contribution in [-0.4, -0.2) is 16.7 Å². The Morgan fingerprint density at radius 1 is 1.12 bits per heavy atom. The number of alkyl halides is 3. The predicted molar refractivity (Wildman–Crippen MR) is 124 cm³/mol. The van der Waals surface area contributed by atoms with Crippen LogP contribution in [0.25, 0.3) is 0 Å². The second-order valence-corrected chi connectivity index (χ2v) is 8.14. The molecule has 10 heteroatoms. The number of aromatic nitrogens is 1. The first-order chi connectivity index (χ1) is 15.6. The summed E-state index contributed by atoms with van der Waals surface area (Å²) in [5, 5.41) is 2.19. The molecule has 2 aromatic carbocycles. The van der Waals surface area contributed by atoms with Gasteiger partial charge in [0.2, 0.25) is 11.7 Å². The van der Waals surface area contributed by atoms with Gasteiger partial charge in [-0.2, -0.15) is 13.2 Å². The number of nitrogens with one attached hydrogen (secondary N) is 2. The summed E-state index contributed by atoms with van der Waals surface area (Å²) < 4.78 is 42.3. The monoisotopic (exact) mass is 491 g/mol. The SMILES string of the molecule is C=CC(=O)Nc1ccc(C(=O)c2ncc(C)cc2NSc2ccc(Cl)c(C(F)(F)F)c2)cc1. The van der Waals surface area contributed by atoms with Gasteiger partial charge in [-0.3, -0.25) is 14.6 Å². The average molecular weight is 492 g/mol. The number of pyridine rings is 1. The molecule has 1 aromatic heterocycles. The molecule has 5 nitrogen and oxygen atoms in total. The molecule has 0 aliphatic heterocycles. The fourth-order valence-electron chi connectivity index (χ4n) is 2.76. The van der Waals surface area contributed by atoms with E-state index in [0.29, 0.717) is 16.9 Å². The van der Waals surface area contributed by atoms with E-state index in [2.05, 4.69) is 21.6 Å². The zero-order valence-electron chi connectivity index (χ0n) is 17.2. The number of hydrogen-bond donors (Lipinski definition) is 2. The molecule has 0 aliphatic rings. The molecule has 170 valence electrons. The smallest absolute Gasteiger partial charge is 0.324 e. The normalized spacial score (nSPS) is 11.1. The van der Waals surface area contributed by atoms with Crippen molar-refractivity contribution in [3.63, 3.8) is 0 Å². The molecule has 1 heterocycles. The van der Waals surface area contributed by atoms with E-state index in [4.69, 9.17) is 11.6 Å². The summed E-state index contributed by atoms with van der Waals surface area (Å²) in [5.74, 6) is -0.777. The number of carbonyl (C=O) groups excluding carboxylic acids is 2. The van der Waals surface area contributed by atoms with E-state index >= 15 is 0 Å². The standard InChI is InChI=1S/C23H17ClF3N3O2S/c1-3-20(31)29-15-6-4-14(5-7-15)22(32)21-19(10-13(2)12-28-21)30-33-16-8-9-18(24)17(11-16)23(25,26)27/h3-12,30H,1H2,2H3,(H,29,31). The summed E-state index contributed by atoms with van der Waals surface area (Å²) in [6.45, 7) is 5.15. The van der Waals surface area contributed by atoms with Gasteiger partial charge in [0, 0.05) is 22.3 Å². The van der Waals surface area contributed by atoms with Gasteiger partial charge in [0.05, 0.1) is 16.3 Å². The van der Waals surface area contributed by atoms with Gasteiger partial charge in [0.15, 0.2) is 0 Å². The molecular weight excluding hydrogens is 475 g/mol. The third-order valence-electron chi connectivity index (χ3n) is 4.36. The molecule has 0 saturated carbocycles. The lowest BCUT2D eigenvalue weighted by Gasteiger charge is -2.13. The number of aryl methyl sites for hydroxylation is 1. The highest BCUT2D eigenvalue weighted by Gasteiger charge is 2.33. The predicted octanol–water partition coefficient (Wildman–Crippen LogP) is 6.54. The summed E-state index contributed by atoms with van der Waals surface area (Å²) in [6, 6.07) is 11.4. The maximum Gasteiger partial charge on any atom is 0.417 e. The maximum atomic E-state index is 13.1. The molecule has 3 aromatic rings. The maximum absolute atomic E-state index is 13.1. The number of carbonyl (C=O) groups is 2. The molecule has 33 heavy (non-hydrogen) atoms. The van der Waals surface area contributed by atoms with Crippen molar-refractivity contribution in [2.75, 3.05) is 10.0 Å². The highest BCUT2D eigenvalue weighted by Crippen LogP contribution is 2.37. The Morgan fingerprint density at radius 3 is 2.45 bits per heavy atom. The fourth-order valence-corrected chi connectivity index (χ4v) is 3.68. The molecule has 0 bridgehead atoms. The summed E-state index contributed by atoms with van der Waals surface area (Å²) in [4.78, 5) is 28.9. The first kappa shape index (κ1) is 24.3. The minimum atomic E-state index is -4.59. The number of amides is 1. The average Bonchev–Trinajstić information content (AvgIpc) is 2.77. The van der Waals surface area contributed by atoms with Crippen molar-refractivity contribution < 1.29 is 22.8 Å². The van der Waals surface area contributed by atoms with Crippen LogP contribution in [0.2, 0.25) is 5.02 Å². The van der Waals surface area contributed by atoms with Crippen molar-refractivity contribution in [1.29, 1.82) is 0 Å². The third kappa shape index (κ3) is 6.15. The number of anilines is 2. The third-order valence-corrected chi connectivity index (χ3v) is 5.50. The van der Waals surface area contributed by atoms with Crippen LogP contribution in [0.4, 0.5) is 24.5 Å². The molecule has 0 radical (unpaired) electrons. The Balaban J connectivity index is 1.83. The van der Waals surface area contributed by atoms with Crippen LogP contribution < -0.4 is 10.0 Å². The Bertz CT molecular complexity index is 1210. The summed E-state index contributed by atoms with van der Waals surface area (Å²) in [7, 11) is 0. The minimum Gasteiger partial charge on any atom is -0.324 e. The second kappa shape index (κ2) is 10.1. The lowest BCUT2D eigenvalue weighted by atomic mass is 10.1. The van der Waals surface area contributed by atoms with Gasteiger partial charge in [-0.1, -0.05) is 18.2 Å². The molecule has 0 fully saturated rings.